The first-order chi connectivity index (χ1) is 34.0. The minimum atomic E-state index is -0.842. The highest BCUT2D eigenvalue weighted by molar-refractivity contribution is 5.71. The molecule has 0 aliphatic heterocycles. The zero-order valence-corrected chi connectivity index (χ0v) is 44.3. The first-order valence-electron chi connectivity index (χ1n) is 27.7. The number of hydrogen-bond acceptors (Lipinski definition) is 6. The summed E-state index contributed by atoms with van der Waals surface area (Å²) in [6.07, 6.45) is 78.8. The van der Waals surface area contributed by atoms with Gasteiger partial charge in [-0.2, -0.15) is 0 Å². The molecule has 0 aromatic heterocycles. The van der Waals surface area contributed by atoms with Crippen molar-refractivity contribution >= 4 is 17.9 Å². The van der Waals surface area contributed by atoms with Crippen LogP contribution in [0.25, 0.3) is 0 Å². The molecular weight excluding hydrogens is 853 g/mol. The van der Waals surface area contributed by atoms with Crippen molar-refractivity contribution in [3.05, 3.63) is 134 Å². The third-order valence-corrected chi connectivity index (χ3v) is 11.2. The van der Waals surface area contributed by atoms with Crippen molar-refractivity contribution in [3.8, 4) is 0 Å². The van der Waals surface area contributed by atoms with Crippen molar-refractivity contribution in [3.63, 3.8) is 0 Å². The minimum Gasteiger partial charge on any atom is -0.462 e. The fourth-order valence-electron chi connectivity index (χ4n) is 7.09. The van der Waals surface area contributed by atoms with Crippen molar-refractivity contribution in [2.75, 3.05) is 13.2 Å². The molecule has 0 saturated heterocycles. The summed E-state index contributed by atoms with van der Waals surface area (Å²) >= 11 is 0. The molecule has 1 atom stereocenters. The molecule has 0 aliphatic rings. The Hall–Kier alpha value is -4.45. The van der Waals surface area contributed by atoms with Crippen molar-refractivity contribution in [1.82, 2.24) is 0 Å². The van der Waals surface area contributed by atoms with Crippen LogP contribution < -0.4 is 0 Å². The number of unbranched alkanes of at least 4 members (excludes halogenated alkanes) is 15. The Morgan fingerprint density at radius 2 is 0.594 bits per heavy atom. The average molecular weight is 953 g/mol. The second-order valence-electron chi connectivity index (χ2n) is 17.7. The van der Waals surface area contributed by atoms with Gasteiger partial charge in [-0.1, -0.05) is 244 Å². The molecule has 6 heteroatoms. The van der Waals surface area contributed by atoms with Crippen molar-refractivity contribution in [1.29, 1.82) is 0 Å². The summed E-state index contributed by atoms with van der Waals surface area (Å²) in [7, 11) is 0. The van der Waals surface area contributed by atoms with Crippen LogP contribution in [-0.2, 0) is 28.6 Å². The topological polar surface area (TPSA) is 78.9 Å². The van der Waals surface area contributed by atoms with Gasteiger partial charge in [-0.15, -0.1) is 0 Å². The highest BCUT2D eigenvalue weighted by Gasteiger charge is 2.19. The molecule has 0 aromatic carbocycles. The molecule has 0 fully saturated rings. The highest BCUT2D eigenvalue weighted by atomic mass is 16.6. The second kappa shape index (κ2) is 56.1. The molecule has 0 bridgehead atoms. The summed E-state index contributed by atoms with van der Waals surface area (Å²) in [5.41, 5.74) is 0. The predicted octanol–water partition coefficient (Wildman–Crippen LogP) is 18.6. The predicted molar refractivity (Wildman–Crippen MR) is 297 cm³/mol. The fraction of sp³-hybridized carbons (Fsp3) is 0.603. The van der Waals surface area contributed by atoms with Gasteiger partial charge in [0.1, 0.15) is 13.2 Å². The summed E-state index contributed by atoms with van der Waals surface area (Å²) in [6, 6.07) is 0. The summed E-state index contributed by atoms with van der Waals surface area (Å²) in [4.78, 5) is 38.1. The Morgan fingerprint density at radius 1 is 0.304 bits per heavy atom. The van der Waals surface area contributed by atoms with Crippen LogP contribution in [0.3, 0.4) is 0 Å². The van der Waals surface area contributed by atoms with E-state index < -0.39 is 6.10 Å². The quantitative estimate of drug-likeness (QED) is 0.0262. The van der Waals surface area contributed by atoms with E-state index in [1.165, 1.54) is 77.0 Å². The van der Waals surface area contributed by atoms with E-state index in [0.29, 0.717) is 19.3 Å². The van der Waals surface area contributed by atoms with E-state index in [1.807, 2.05) is 12.2 Å². The maximum Gasteiger partial charge on any atom is 0.306 e. The van der Waals surface area contributed by atoms with E-state index >= 15 is 0 Å². The first-order valence-corrected chi connectivity index (χ1v) is 27.7. The minimum absolute atomic E-state index is 0.126. The standard InChI is InChI=1S/C63H100O6/c1-4-7-10-13-16-19-22-25-28-30-31-33-35-38-41-44-47-50-53-56-62(65)68-59-60(58-67-61(64)55-52-49-46-43-40-37-34-27-24-21-18-15-12-9-6-3)69-63(66)57-54-51-48-45-42-39-36-32-29-26-23-20-17-14-11-8-5-2/h7-8,10-11,16-17,19-20,25-26,28-29,31,33,36,38-39,41,45,47-48,50,60H,4-6,9,12-15,18,21-24,27,30,32,34-35,37,40,42-44,46,49,51-59H2,1-3H3/b10-7+,11-8+,19-16+,20-17+,28-25+,29-26+,33-31+,39-36+,41-38+,48-45+,50-47+/t60-/m1/s1. The maximum atomic E-state index is 12.8. The maximum absolute atomic E-state index is 12.8. The number of ether oxygens (including phenoxy) is 3. The molecule has 6 nitrogen and oxygen atoms in total. The van der Waals surface area contributed by atoms with Crippen LogP contribution >= 0.6 is 0 Å². The molecule has 388 valence electrons. The van der Waals surface area contributed by atoms with E-state index in [2.05, 4.69) is 142 Å². The number of esters is 3. The molecule has 0 unspecified atom stereocenters. The molecule has 0 heterocycles. The zero-order chi connectivity index (χ0) is 50.0. The van der Waals surface area contributed by atoms with Crippen molar-refractivity contribution < 1.29 is 28.6 Å². The van der Waals surface area contributed by atoms with E-state index in [-0.39, 0.29) is 44.0 Å². The van der Waals surface area contributed by atoms with Gasteiger partial charge in [0.05, 0.1) is 0 Å². The van der Waals surface area contributed by atoms with Gasteiger partial charge in [-0.25, -0.2) is 0 Å². The van der Waals surface area contributed by atoms with Crippen LogP contribution in [0.4, 0.5) is 0 Å². The van der Waals surface area contributed by atoms with E-state index in [9.17, 15) is 14.4 Å². The zero-order valence-electron chi connectivity index (χ0n) is 44.3. The lowest BCUT2D eigenvalue weighted by atomic mass is 10.0. The van der Waals surface area contributed by atoms with Crippen LogP contribution in [0.15, 0.2) is 134 Å². The lowest BCUT2D eigenvalue weighted by Crippen LogP contribution is -2.30. The number of hydrogen-bond donors (Lipinski definition) is 0. The van der Waals surface area contributed by atoms with Crippen molar-refractivity contribution in [2.45, 2.75) is 232 Å². The second-order valence-corrected chi connectivity index (χ2v) is 17.7. The van der Waals surface area contributed by atoms with Crippen LogP contribution in [-0.4, -0.2) is 37.2 Å². The first kappa shape index (κ1) is 64.5. The SMILES string of the molecule is CC/C=C/C/C=C/C/C=C/C/C=C/C/C=C/C/C=C/CCC(=O)OC[C@@H](COC(=O)CCCCCCCCCCCCCCCCC)OC(=O)CCC/C=C/C/C=C/C/C=C/C/C=C/C/C=C/CC. The Bertz CT molecular complexity index is 1510. The lowest BCUT2D eigenvalue weighted by molar-refractivity contribution is -0.166. The highest BCUT2D eigenvalue weighted by Crippen LogP contribution is 2.14. The third-order valence-electron chi connectivity index (χ3n) is 11.2. The molecule has 0 saturated carbocycles. The van der Waals surface area contributed by atoms with Gasteiger partial charge < -0.3 is 14.2 Å². The third kappa shape index (κ3) is 54.4. The van der Waals surface area contributed by atoms with Gasteiger partial charge in [-0.05, 0) is 96.3 Å². The Morgan fingerprint density at radius 3 is 0.957 bits per heavy atom. The number of rotatable bonds is 48. The molecule has 0 radical (unpaired) electrons. The molecule has 0 aromatic rings. The van der Waals surface area contributed by atoms with Crippen LogP contribution in [0.5, 0.6) is 0 Å². The smallest absolute Gasteiger partial charge is 0.306 e. The van der Waals surface area contributed by atoms with Gasteiger partial charge in [0.15, 0.2) is 6.10 Å². The van der Waals surface area contributed by atoms with Gasteiger partial charge >= 0.3 is 17.9 Å². The van der Waals surface area contributed by atoms with E-state index in [1.54, 1.807) is 0 Å². The average Bonchev–Trinajstić information content (AvgIpc) is 3.35. The number of allylic oxidation sites excluding steroid dienone is 22. The summed E-state index contributed by atoms with van der Waals surface area (Å²) in [5.74, 6) is -1.08. The molecule has 0 aliphatic carbocycles. The Balaban J connectivity index is 4.60. The summed E-state index contributed by atoms with van der Waals surface area (Å²) < 4.78 is 16.7. The summed E-state index contributed by atoms with van der Waals surface area (Å²) in [6.45, 7) is 6.29. The molecular formula is C63H100O6. The number of carbonyl (C=O) groups excluding carboxylic acids is 3. The fourth-order valence-corrected chi connectivity index (χ4v) is 7.09. The van der Waals surface area contributed by atoms with Crippen LogP contribution in [0.2, 0.25) is 0 Å². The molecule has 0 amide bonds. The van der Waals surface area contributed by atoms with Crippen LogP contribution in [0.1, 0.15) is 226 Å². The van der Waals surface area contributed by atoms with Gasteiger partial charge in [0.25, 0.3) is 0 Å². The lowest BCUT2D eigenvalue weighted by Gasteiger charge is -2.18. The van der Waals surface area contributed by atoms with Gasteiger partial charge in [-0.3, -0.25) is 14.4 Å². The molecule has 0 N–H and O–H groups in total. The summed E-state index contributed by atoms with van der Waals surface area (Å²) in [5, 5.41) is 0. The monoisotopic (exact) mass is 953 g/mol. The van der Waals surface area contributed by atoms with Gasteiger partial charge in [0, 0.05) is 19.3 Å². The normalized spacial score (nSPS) is 13.1. The molecule has 0 spiro atoms. The largest absolute Gasteiger partial charge is 0.462 e. The molecule has 69 heavy (non-hydrogen) atoms. The van der Waals surface area contributed by atoms with Crippen LogP contribution in [0, 0.1) is 0 Å². The van der Waals surface area contributed by atoms with Gasteiger partial charge in [0.2, 0.25) is 0 Å². The Kier molecular flexibility index (Phi) is 52.5. The van der Waals surface area contributed by atoms with E-state index in [4.69, 9.17) is 14.2 Å². The number of carbonyl (C=O) groups is 3. The molecule has 0 rings (SSSR count). The Labute approximate surface area is 424 Å². The van der Waals surface area contributed by atoms with Crippen molar-refractivity contribution in [2.24, 2.45) is 0 Å². The van der Waals surface area contributed by atoms with E-state index in [0.717, 1.165) is 96.3 Å².